The van der Waals surface area contributed by atoms with Gasteiger partial charge in [-0.15, -0.1) is 0 Å². The molecule has 14 heavy (non-hydrogen) atoms. The second-order valence-corrected chi connectivity index (χ2v) is 3.24. The first-order valence-electron chi connectivity index (χ1n) is 5.07. The van der Waals surface area contributed by atoms with Crippen LogP contribution < -0.4 is 0 Å². The lowest BCUT2D eigenvalue weighted by Gasteiger charge is -1.95. The van der Waals surface area contributed by atoms with Gasteiger partial charge in [0, 0.05) is 17.1 Å². The Balaban J connectivity index is 0.000000461. The first-order chi connectivity index (χ1) is 6.83. The van der Waals surface area contributed by atoms with Gasteiger partial charge in [-0.25, -0.2) is 0 Å². The lowest BCUT2D eigenvalue weighted by molar-refractivity contribution is 1.15. The van der Waals surface area contributed by atoms with Gasteiger partial charge in [0.15, 0.2) is 0 Å². The van der Waals surface area contributed by atoms with Gasteiger partial charge in [0.1, 0.15) is 0 Å². The molecule has 0 saturated heterocycles. The smallest absolute Gasteiger partial charge is 0.0502 e. The third-order valence-electron chi connectivity index (χ3n) is 2.12. The van der Waals surface area contributed by atoms with E-state index in [1.54, 1.807) is 0 Å². The zero-order valence-corrected chi connectivity index (χ0v) is 9.65. The third-order valence-corrected chi connectivity index (χ3v) is 2.43. The number of aromatic amines is 1. The van der Waals surface area contributed by atoms with Gasteiger partial charge in [-0.3, -0.25) is 0 Å². The van der Waals surface area contributed by atoms with E-state index in [0.717, 1.165) is 17.0 Å². The molecule has 0 aliphatic heterocycles. The minimum absolute atomic E-state index is 0.839. The molecule has 0 atom stereocenters. The topological polar surface area (TPSA) is 15.8 Å². The molecule has 0 radical (unpaired) electrons. The van der Waals surface area contributed by atoms with Crippen LogP contribution in [0.4, 0.5) is 0 Å². The van der Waals surface area contributed by atoms with Crippen molar-refractivity contribution in [3.63, 3.8) is 0 Å². The molecule has 2 aromatic rings. The molecule has 0 aliphatic carbocycles. The Hall–Kier alpha value is -0.950. The van der Waals surface area contributed by atoms with Crippen LogP contribution >= 0.6 is 11.6 Å². The Labute approximate surface area is 90.1 Å². The number of fused-ring (bicyclic) bond motifs is 1. The highest BCUT2D eigenvalue weighted by molar-refractivity contribution is 6.35. The van der Waals surface area contributed by atoms with E-state index < -0.39 is 0 Å². The number of nitrogens with one attached hydrogen (secondary N) is 1. The Bertz CT molecular complexity index is 404. The van der Waals surface area contributed by atoms with Crippen LogP contribution in [0.1, 0.15) is 26.3 Å². The molecule has 1 N–H and O–H groups in total. The molecule has 76 valence electrons. The second kappa shape index (κ2) is 5.06. The number of aryl methyl sites for hydroxylation is 1. The summed E-state index contributed by atoms with van der Waals surface area (Å²) in [5.74, 6) is 0. The lowest BCUT2D eigenvalue weighted by atomic mass is 10.1. The fraction of sp³-hybridized carbons (Fsp3) is 0.333. The summed E-state index contributed by atoms with van der Waals surface area (Å²) in [6, 6.07) is 5.93. The van der Waals surface area contributed by atoms with Gasteiger partial charge in [0.25, 0.3) is 0 Å². The van der Waals surface area contributed by atoms with Crippen LogP contribution in [0.25, 0.3) is 10.9 Å². The molecule has 0 spiro atoms. The average molecular weight is 210 g/mol. The first-order valence-corrected chi connectivity index (χ1v) is 5.45. The predicted molar refractivity (Wildman–Crippen MR) is 64.0 cm³/mol. The molecular formula is C12H16ClN. The van der Waals surface area contributed by atoms with Gasteiger partial charge in [-0.05, 0) is 24.1 Å². The number of rotatable bonds is 1. The molecule has 2 heteroatoms. The molecule has 1 heterocycles. The number of H-pyrrole nitrogens is 1. The second-order valence-electron chi connectivity index (χ2n) is 2.83. The normalized spacial score (nSPS) is 9.71. The summed E-state index contributed by atoms with van der Waals surface area (Å²) >= 11 is 6.06. The summed E-state index contributed by atoms with van der Waals surface area (Å²) in [7, 11) is 0. The molecule has 0 bridgehead atoms. The van der Waals surface area contributed by atoms with Gasteiger partial charge in [-0.1, -0.05) is 38.4 Å². The Morgan fingerprint density at radius 2 is 2.00 bits per heavy atom. The van der Waals surface area contributed by atoms with Gasteiger partial charge < -0.3 is 4.98 Å². The maximum Gasteiger partial charge on any atom is 0.0502 e. The van der Waals surface area contributed by atoms with Crippen molar-refractivity contribution in [3.8, 4) is 0 Å². The molecule has 1 aromatic carbocycles. The minimum atomic E-state index is 0.839. The number of hydrogen-bond donors (Lipinski definition) is 1. The highest BCUT2D eigenvalue weighted by Gasteiger charge is 2.04. The van der Waals surface area contributed by atoms with E-state index in [1.165, 1.54) is 10.9 Å². The number of hydrogen-bond acceptors (Lipinski definition) is 0. The fourth-order valence-corrected chi connectivity index (χ4v) is 1.78. The number of aromatic nitrogens is 1. The lowest BCUT2D eigenvalue weighted by Crippen LogP contribution is -1.75. The molecule has 0 saturated carbocycles. The van der Waals surface area contributed by atoms with E-state index >= 15 is 0 Å². The van der Waals surface area contributed by atoms with Gasteiger partial charge in [0.05, 0.1) is 5.02 Å². The number of halogens is 1. The van der Waals surface area contributed by atoms with Crippen molar-refractivity contribution in [1.29, 1.82) is 0 Å². The zero-order chi connectivity index (χ0) is 10.6. The van der Waals surface area contributed by atoms with E-state index in [0.29, 0.717) is 0 Å². The Kier molecular flexibility index (Phi) is 4.02. The molecule has 1 aromatic heterocycles. The maximum absolute atomic E-state index is 6.06. The summed E-state index contributed by atoms with van der Waals surface area (Å²) < 4.78 is 0. The summed E-state index contributed by atoms with van der Waals surface area (Å²) in [5.41, 5.74) is 2.41. The van der Waals surface area contributed by atoms with Crippen LogP contribution in [0.15, 0.2) is 24.4 Å². The standard InChI is InChI=1S/C10H10ClN.C2H6/c1-2-7-6-12-9-5-3-4-8(11)10(7)9;1-2/h3-6,12H,2H2,1H3;1-2H3. The predicted octanol–water partition coefficient (Wildman–Crippen LogP) is 4.41. The Morgan fingerprint density at radius 3 is 2.64 bits per heavy atom. The fourth-order valence-electron chi connectivity index (χ4n) is 1.49. The molecule has 0 fully saturated rings. The van der Waals surface area contributed by atoms with Crippen LogP contribution in [0.5, 0.6) is 0 Å². The summed E-state index contributed by atoms with van der Waals surface area (Å²) in [6.45, 7) is 6.13. The van der Waals surface area contributed by atoms with Crippen LogP contribution in [-0.4, -0.2) is 4.98 Å². The van der Waals surface area contributed by atoms with Crippen molar-refractivity contribution in [2.24, 2.45) is 0 Å². The largest absolute Gasteiger partial charge is 0.361 e. The van der Waals surface area contributed by atoms with E-state index in [1.807, 2.05) is 38.2 Å². The average Bonchev–Trinajstić information content (AvgIpc) is 2.65. The van der Waals surface area contributed by atoms with Crippen molar-refractivity contribution in [3.05, 3.63) is 35.0 Å². The first kappa shape index (κ1) is 11.1. The van der Waals surface area contributed by atoms with Crippen molar-refractivity contribution in [1.82, 2.24) is 4.98 Å². The van der Waals surface area contributed by atoms with Crippen molar-refractivity contribution >= 4 is 22.5 Å². The van der Waals surface area contributed by atoms with Crippen LogP contribution in [-0.2, 0) is 6.42 Å². The van der Waals surface area contributed by atoms with Crippen LogP contribution in [0, 0.1) is 0 Å². The van der Waals surface area contributed by atoms with E-state index in [9.17, 15) is 0 Å². The Morgan fingerprint density at radius 1 is 1.29 bits per heavy atom. The van der Waals surface area contributed by atoms with Crippen LogP contribution in [0.3, 0.4) is 0 Å². The van der Waals surface area contributed by atoms with Crippen molar-refractivity contribution in [2.75, 3.05) is 0 Å². The van der Waals surface area contributed by atoms with Gasteiger partial charge >= 0.3 is 0 Å². The highest BCUT2D eigenvalue weighted by Crippen LogP contribution is 2.26. The third kappa shape index (κ3) is 1.93. The van der Waals surface area contributed by atoms with Gasteiger partial charge in [0.2, 0.25) is 0 Å². The minimum Gasteiger partial charge on any atom is -0.361 e. The van der Waals surface area contributed by atoms with Crippen molar-refractivity contribution < 1.29 is 0 Å². The molecule has 0 amide bonds. The quantitative estimate of drug-likeness (QED) is 0.716. The summed E-state index contributed by atoms with van der Waals surface area (Å²) in [4.78, 5) is 3.20. The van der Waals surface area contributed by atoms with Gasteiger partial charge in [-0.2, -0.15) is 0 Å². The van der Waals surface area contributed by atoms with E-state index in [4.69, 9.17) is 11.6 Å². The summed E-state index contributed by atoms with van der Waals surface area (Å²) in [5, 5.41) is 2.01. The zero-order valence-electron chi connectivity index (χ0n) is 8.89. The molecule has 0 unspecified atom stereocenters. The summed E-state index contributed by atoms with van der Waals surface area (Å²) in [6.07, 6.45) is 3.04. The maximum atomic E-state index is 6.06. The molecule has 1 nitrogen and oxygen atoms in total. The molecular weight excluding hydrogens is 194 g/mol. The molecule has 0 aliphatic rings. The number of benzene rings is 1. The van der Waals surface area contributed by atoms with E-state index in [-0.39, 0.29) is 0 Å². The van der Waals surface area contributed by atoms with Crippen molar-refractivity contribution in [2.45, 2.75) is 27.2 Å². The molecule has 2 rings (SSSR count). The highest BCUT2D eigenvalue weighted by atomic mass is 35.5. The SMILES string of the molecule is CC.CCc1c[nH]c2cccc(Cl)c12. The monoisotopic (exact) mass is 209 g/mol. The van der Waals surface area contributed by atoms with E-state index in [2.05, 4.69) is 11.9 Å². The van der Waals surface area contributed by atoms with Crippen LogP contribution in [0.2, 0.25) is 5.02 Å².